The van der Waals surface area contributed by atoms with Crippen molar-refractivity contribution in [1.82, 2.24) is 25.1 Å². The number of aryl methyl sites for hydroxylation is 2. The maximum Gasteiger partial charge on any atom is 0.233 e. The Morgan fingerprint density at radius 1 is 1.20 bits per heavy atom. The summed E-state index contributed by atoms with van der Waals surface area (Å²) in [6.45, 7) is 10.2. The largest absolute Gasteiger partial charge is 0.341 e. The number of likely N-dealkylation sites (tertiary alicyclic amines) is 1. The van der Waals surface area contributed by atoms with Crippen molar-refractivity contribution in [2.75, 3.05) is 18.8 Å². The Hall–Kier alpha value is -1.89. The standard InChI is InChI=1S/C18H25N5OS/c1-12-8-13(2)10-22(9-12)16(24)11-25-18-19-20-21-23(18)17-14(3)6-5-7-15(17)4/h5-7,12-13H,8-11H2,1-4H3/t12-,13-/m0/s1. The summed E-state index contributed by atoms with van der Waals surface area (Å²) in [7, 11) is 0. The van der Waals surface area contributed by atoms with Gasteiger partial charge in [0.15, 0.2) is 0 Å². The minimum Gasteiger partial charge on any atom is -0.341 e. The molecule has 2 atom stereocenters. The van der Waals surface area contributed by atoms with Crippen LogP contribution < -0.4 is 0 Å². The van der Waals surface area contributed by atoms with Gasteiger partial charge in [-0.05, 0) is 53.7 Å². The quantitative estimate of drug-likeness (QED) is 0.786. The molecule has 0 N–H and O–H groups in total. The van der Waals surface area contributed by atoms with Gasteiger partial charge in [-0.3, -0.25) is 4.79 Å². The van der Waals surface area contributed by atoms with Crippen LogP contribution in [0.15, 0.2) is 23.4 Å². The van der Waals surface area contributed by atoms with Crippen molar-refractivity contribution in [1.29, 1.82) is 0 Å². The van der Waals surface area contributed by atoms with Crippen molar-refractivity contribution in [3.63, 3.8) is 0 Å². The van der Waals surface area contributed by atoms with Crippen LogP contribution in [0.2, 0.25) is 0 Å². The fourth-order valence-corrected chi connectivity index (χ4v) is 4.41. The summed E-state index contributed by atoms with van der Waals surface area (Å²) >= 11 is 1.41. The second-order valence-corrected chi connectivity index (χ2v) is 8.09. The van der Waals surface area contributed by atoms with Crippen LogP contribution >= 0.6 is 11.8 Å². The van der Waals surface area contributed by atoms with Gasteiger partial charge in [-0.25, -0.2) is 0 Å². The van der Waals surface area contributed by atoms with Gasteiger partial charge in [0.1, 0.15) is 0 Å². The van der Waals surface area contributed by atoms with Gasteiger partial charge in [0, 0.05) is 13.1 Å². The molecule has 1 saturated heterocycles. The summed E-state index contributed by atoms with van der Waals surface area (Å²) in [4.78, 5) is 14.6. The SMILES string of the molecule is Cc1cccc(C)c1-n1nnnc1SCC(=O)N1C[C@@H](C)C[C@H](C)C1. The van der Waals surface area contributed by atoms with Crippen molar-refractivity contribution < 1.29 is 4.79 Å². The van der Waals surface area contributed by atoms with E-state index >= 15 is 0 Å². The Morgan fingerprint density at radius 2 is 1.84 bits per heavy atom. The number of nitrogens with zero attached hydrogens (tertiary/aromatic N) is 5. The zero-order valence-electron chi connectivity index (χ0n) is 15.3. The first-order chi connectivity index (χ1) is 12.0. The number of carbonyl (C=O) groups excluding carboxylic acids is 1. The molecule has 0 radical (unpaired) electrons. The summed E-state index contributed by atoms with van der Waals surface area (Å²) < 4.78 is 1.74. The number of rotatable bonds is 4. The van der Waals surface area contributed by atoms with E-state index in [1.54, 1.807) is 4.68 Å². The molecule has 7 heteroatoms. The summed E-state index contributed by atoms with van der Waals surface area (Å²) in [5, 5.41) is 12.7. The van der Waals surface area contributed by atoms with E-state index < -0.39 is 0 Å². The van der Waals surface area contributed by atoms with Crippen LogP contribution in [0.3, 0.4) is 0 Å². The van der Waals surface area contributed by atoms with Gasteiger partial charge in [-0.2, -0.15) is 4.68 Å². The molecule has 2 aromatic rings. The van der Waals surface area contributed by atoms with Gasteiger partial charge >= 0.3 is 0 Å². The third kappa shape index (κ3) is 4.03. The molecule has 0 saturated carbocycles. The predicted octanol–water partition coefficient (Wildman–Crippen LogP) is 2.88. The van der Waals surface area contributed by atoms with Crippen LogP contribution in [0.1, 0.15) is 31.4 Å². The van der Waals surface area contributed by atoms with E-state index in [0.29, 0.717) is 22.7 Å². The van der Waals surface area contributed by atoms with Crippen molar-refractivity contribution in [3.8, 4) is 5.69 Å². The van der Waals surface area contributed by atoms with Crippen LogP contribution in [-0.4, -0.2) is 49.9 Å². The lowest BCUT2D eigenvalue weighted by Gasteiger charge is -2.34. The Labute approximate surface area is 153 Å². The number of tetrazole rings is 1. The van der Waals surface area contributed by atoms with Crippen LogP contribution in [0.5, 0.6) is 0 Å². The van der Waals surface area contributed by atoms with E-state index in [1.807, 2.05) is 36.9 Å². The number of aromatic nitrogens is 4. The first kappa shape index (κ1) is 17.9. The fraction of sp³-hybridized carbons (Fsp3) is 0.556. The molecule has 25 heavy (non-hydrogen) atoms. The zero-order valence-corrected chi connectivity index (χ0v) is 16.1. The number of amides is 1. The van der Waals surface area contributed by atoms with E-state index in [0.717, 1.165) is 29.9 Å². The Kier molecular flexibility index (Phi) is 5.42. The highest BCUT2D eigenvalue weighted by molar-refractivity contribution is 7.99. The highest BCUT2D eigenvalue weighted by Crippen LogP contribution is 2.25. The Balaban J connectivity index is 1.71. The topological polar surface area (TPSA) is 63.9 Å². The van der Waals surface area contributed by atoms with E-state index in [4.69, 9.17) is 0 Å². The summed E-state index contributed by atoms with van der Waals surface area (Å²) in [6.07, 6.45) is 1.20. The van der Waals surface area contributed by atoms with Gasteiger partial charge in [-0.15, -0.1) is 5.10 Å². The summed E-state index contributed by atoms with van der Waals surface area (Å²) in [5.74, 6) is 1.67. The molecular formula is C18H25N5OS. The van der Waals surface area contributed by atoms with Gasteiger partial charge in [0.25, 0.3) is 0 Å². The molecule has 0 spiro atoms. The lowest BCUT2D eigenvalue weighted by molar-refractivity contribution is -0.130. The minimum absolute atomic E-state index is 0.166. The van der Waals surface area contributed by atoms with Crippen LogP contribution in [0, 0.1) is 25.7 Å². The highest BCUT2D eigenvalue weighted by atomic mass is 32.2. The molecule has 1 aliphatic rings. The maximum absolute atomic E-state index is 12.6. The Bertz CT molecular complexity index is 729. The van der Waals surface area contributed by atoms with E-state index in [9.17, 15) is 4.79 Å². The first-order valence-corrected chi connectivity index (χ1v) is 9.69. The molecule has 0 aliphatic carbocycles. The molecule has 0 unspecified atom stereocenters. The number of benzene rings is 1. The molecule has 3 rings (SSSR count). The number of thioether (sulfide) groups is 1. The maximum atomic E-state index is 12.6. The van der Waals surface area contributed by atoms with Crippen molar-refractivity contribution in [2.24, 2.45) is 11.8 Å². The molecule has 6 nitrogen and oxygen atoms in total. The average Bonchev–Trinajstić information content (AvgIpc) is 2.99. The lowest BCUT2D eigenvalue weighted by atomic mass is 9.92. The average molecular weight is 359 g/mol. The first-order valence-electron chi connectivity index (χ1n) is 8.71. The lowest BCUT2D eigenvalue weighted by Crippen LogP contribution is -2.43. The predicted molar refractivity (Wildman–Crippen MR) is 98.9 cm³/mol. The van der Waals surface area contributed by atoms with Gasteiger partial charge in [0.05, 0.1) is 11.4 Å². The molecule has 1 fully saturated rings. The number of piperidine rings is 1. The number of carbonyl (C=O) groups is 1. The van der Waals surface area contributed by atoms with E-state index in [2.05, 4.69) is 29.4 Å². The summed E-state index contributed by atoms with van der Waals surface area (Å²) in [5.41, 5.74) is 3.21. The van der Waals surface area contributed by atoms with Crippen molar-refractivity contribution in [3.05, 3.63) is 29.3 Å². The van der Waals surface area contributed by atoms with Crippen LogP contribution in [0.4, 0.5) is 0 Å². The second kappa shape index (κ2) is 7.56. The van der Waals surface area contributed by atoms with Crippen molar-refractivity contribution >= 4 is 17.7 Å². The number of para-hydroxylation sites is 1. The van der Waals surface area contributed by atoms with Crippen molar-refractivity contribution in [2.45, 2.75) is 39.3 Å². The molecule has 1 aromatic carbocycles. The zero-order chi connectivity index (χ0) is 18.0. The molecule has 0 bridgehead atoms. The van der Waals surface area contributed by atoms with E-state index in [-0.39, 0.29) is 5.91 Å². The van der Waals surface area contributed by atoms with Gasteiger partial charge in [0.2, 0.25) is 11.1 Å². The third-order valence-corrected chi connectivity index (χ3v) is 5.54. The minimum atomic E-state index is 0.166. The number of hydrogen-bond acceptors (Lipinski definition) is 5. The van der Waals surface area contributed by atoms with E-state index in [1.165, 1.54) is 18.2 Å². The molecule has 134 valence electrons. The van der Waals surface area contributed by atoms with Gasteiger partial charge < -0.3 is 4.90 Å². The smallest absolute Gasteiger partial charge is 0.233 e. The monoisotopic (exact) mass is 359 g/mol. The molecular weight excluding hydrogens is 334 g/mol. The molecule has 2 heterocycles. The second-order valence-electron chi connectivity index (χ2n) is 7.15. The number of hydrogen-bond donors (Lipinski definition) is 0. The highest BCUT2D eigenvalue weighted by Gasteiger charge is 2.26. The third-order valence-electron chi connectivity index (χ3n) is 4.64. The molecule has 1 aliphatic heterocycles. The summed E-state index contributed by atoms with van der Waals surface area (Å²) in [6, 6.07) is 6.10. The molecule has 1 amide bonds. The molecule has 1 aromatic heterocycles. The Morgan fingerprint density at radius 3 is 2.48 bits per heavy atom. The fourth-order valence-electron chi connectivity index (χ4n) is 3.63. The van der Waals surface area contributed by atoms with Crippen LogP contribution in [0.25, 0.3) is 5.69 Å². The normalized spacial score (nSPS) is 20.7. The van der Waals surface area contributed by atoms with Gasteiger partial charge in [-0.1, -0.05) is 43.8 Å². The van der Waals surface area contributed by atoms with Crippen LogP contribution in [-0.2, 0) is 4.79 Å².